The highest BCUT2D eigenvalue weighted by molar-refractivity contribution is 5.11. The van der Waals surface area contributed by atoms with Gasteiger partial charge < -0.3 is 4.90 Å². The van der Waals surface area contributed by atoms with Crippen LogP contribution in [0.1, 0.15) is 86.5 Å². The van der Waals surface area contributed by atoms with E-state index < -0.39 is 0 Å². The third kappa shape index (κ3) is 8.15. The molecular formula is C19H39N3. The number of rotatable bonds is 8. The van der Waals surface area contributed by atoms with Gasteiger partial charge in [0.1, 0.15) is 5.54 Å². The van der Waals surface area contributed by atoms with Gasteiger partial charge in [0.25, 0.3) is 0 Å². The lowest BCUT2D eigenvalue weighted by molar-refractivity contribution is 0.144. The molecule has 1 N–H and O–H groups in total. The minimum Gasteiger partial charge on any atom is -0.303 e. The predicted octanol–water partition coefficient (Wildman–Crippen LogP) is 4.73. The molecule has 0 saturated carbocycles. The van der Waals surface area contributed by atoms with Gasteiger partial charge in [0.2, 0.25) is 0 Å². The van der Waals surface area contributed by atoms with Crippen LogP contribution < -0.4 is 5.32 Å². The second kappa shape index (κ2) is 10.2. The average molecular weight is 310 g/mol. The van der Waals surface area contributed by atoms with Gasteiger partial charge in [0.05, 0.1) is 6.07 Å². The van der Waals surface area contributed by atoms with E-state index in [2.05, 4.69) is 44.0 Å². The molecule has 3 nitrogen and oxygen atoms in total. The van der Waals surface area contributed by atoms with Crippen LogP contribution in [-0.4, -0.2) is 35.6 Å². The van der Waals surface area contributed by atoms with Crippen LogP contribution in [0.25, 0.3) is 0 Å². The minimum atomic E-state index is -0.310. The number of nitriles is 1. The van der Waals surface area contributed by atoms with Crippen LogP contribution in [0, 0.1) is 11.3 Å². The summed E-state index contributed by atoms with van der Waals surface area (Å²) in [6.07, 6.45) is 10.1. The van der Waals surface area contributed by atoms with Crippen molar-refractivity contribution in [3.8, 4) is 6.07 Å². The van der Waals surface area contributed by atoms with Crippen molar-refractivity contribution in [2.75, 3.05) is 19.6 Å². The first-order chi connectivity index (χ1) is 9.91. The molecular weight excluding hydrogens is 270 g/mol. The van der Waals surface area contributed by atoms with Crippen LogP contribution in [0.2, 0.25) is 0 Å². The van der Waals surface area contributed by atoms with Crippen molar-refractivity contribution in [2.45, 2.75) is 97.6 Å². The number of nitrogens with zero attached hydrogens (tertiary/aromatic N) is 2. The van der Waals surface area contributed by atoms with E-state index in [0.29, 0.717) is 0 Å². The average Bonchev–Trinajstić information content (AvgIpc) is 2.43. The Morgan fingerprint density at radius 3 is 2.09 bits per heavy atom. The van der Waals surface area contributed by atoms with Crippen LogP contribution in [0.5, 0.6) is 0 Å². The van der Waals surface area contributed by atoms with Crippen molar-refractivity contribution < 1.29 is 0 Å². The molecule has 0 unspecified atom stereocenters. The Labute approximate surface area is 139 Å². The Morgan fingerprint density at radius 1 is 1.05 bits per heavy atom. The summed E-state index contributed by atoms with van der Waals surface area (Å²) < 4.78 is 0. The quantitative estimate of drug-likeness (QED) is 0.659. The topological polar surface area (TPSA) is 39.1 Å². The van der Waals surface area contributed by atoms with Gasteiger partial charge in [-0.2, -0.15) is 5.26 Å². The Hall–Kier alpha value is -0.590. The molecule has 1 aliphatic heterocycles. The van der Waals surface area contributed by atoms with Crippen molar-refractivity contribution in [3.63, 3.8) is 0 Å². The molecule has 0 spiro atoms. The van der Waals surface area contributed by atoms with Gasteiger partial charge in [-0.15, -0.1) is 0 Å². The zero-order valence-corrected chi connectivity index (χ0v) is 14.7. The molecule has 130 valence electrons. The normalized spacial score (nSPS) is 18.5. The fourth-order valence-corrected chi connectivity index (χ4v) is 3.26. The van der Waals surface area contributed by atoms with Crippen molar-refractivity contribution in [2.24, 2.45) is 0 Å². The van der Waals surface area contributed by atoms with Gasteiger partial charge in [0, 0.05) is 18.6 Å². The molecule has 0 aromatic heterocycles. The molecule has 1 fully saturated rings. The van der Waals surface area contributed by atoms with E-state index >= 15 is 0 Å². The Morgan fingerprint density at radius 2 is 1.59 bits per heavy atom. The Kier molecular flexibility index (Phi) is 9.96. The van der Waals surface area contributed by atoms with Crippen LogP contribution in [-0.2, 0) is 0 Å². The number of hydrogen-bond acceptors (Lipinski definition) is 3. The van der Waals surface area contributed by atoms with E-state index in [0.717, 1.165) is 25.9 Å². The third-order valence-corrected chi connectivity index (χ3v) is 4.37. The van der Waals surface area contributed by atoms with Gasteiger partial charge >= 0.3 is 0 Å². The smallest absolute Gasteiger partial charge is 0.109 e. The van der Waals surface area contributed by atoms with Crippen LogP contribution >= 0.6 is 0 Å². The second-order valence-corrected chi connectivity index (χ2v) is 7.68. The van der Waals surface area contributed by atoms with Gasteiger partial charge in [-0.3, -0.25) is 5.32 Å². The van der Waals surface area contributed by atoms with E-state index in [-0.39, 0.29) is 18.5 Å². The van der Waals surface area contributed by atoms with Crippen molar-refractivity contribution in [3.05, 3.63) is 0 Å². The van der Waals surface area contributed by atoms with Crippen LogP contribution in [0.3, 0.4) is 0 Å². The highest BCUT2D eigenvalue weighted by atomic mass is 15.2. The van der Waals surface area contributed by atoms with E-state index in [1.165, 1.54) is 45.1 Å². The SMILES string of the molecule is C.CCCCCCCCN1CCC(C#N)(NC(C)(C)C)CC1. The molecule has 1 saturated heterocycles. The summed E-state index contributed by atoms with van der Waals surface area (Å²) in [7, 11) is 0. The van der Waals surface area contributed by atoms with Crippen molar-refractivity contribution >= 4 is 0 Å². The Balaban J connectivity index is 0.00000441. The van der Waals surface area contributed by atoms with Gasteiger partial charge in [-0.25, -0.2) is 0 Å². The lowest BCUT2D eigenvalue weighted by Gasteiger charge is -2.41. The number of unbranched alkanes of at least 4 members (excludes halogenated alkanes) is 5. The summed E-state index contributed by atoms with van der Waals surface area (Å²) in [4.78, 5) is 2.54. The Bertz CT molecular complexity index is 317. The zero-order valence-electron chi connectivity index (χ0n) is 14.7. The number of nitrogens with one attached hydrogen (secondary N) is 1. The summed E-state index contributed by atoms with van der Waals surface area (Å²) >= 11 is 0. The van der Waals surface area contributed by atoms with E-state index in [1.54, 1.807) is 0 Å². The number of piperidine rings is 1. The molecule has 1 heterocycles. The standard InChI is InChI=1S/C18H35N3.CH4/c1-5-6-7-8-9-10-13-21-14-11-18(16-19,12-15-21)20-17(2,3)4;/h20H,5-15H2,1-4H3;1H4. The molecule has 22 heavy (non-hydrogen) atoms. The fraction of sp³-hybridized carbons (Fsp3) is 0.947. The molecule has 0 radical (unpaired) electrons. The molecule has 1 rings (SSSR count). The largest absolute Gasteiger partial charge is 0.303 e. The van der Waals surface area contributed by atoms with E-state index in [9.17, 15) is 5.26 Å². The number of hydrogen-bond donors (Lipinski definition) is 1. The first kappa shape index (κ1) is 21.4. The zero-order chi connectivity index (χ0) is 15.8. The molecule has 0 bridgehead atoms. The molecule has 0 amide bonds. The van der Waals surface area contributed by atoms with Crippen molar-refractivity contribution in [1.29, 1.82) is 5.26 Å². The molecule has 0 aromatic rings. The van der Waals surface area contributed by atoms with Gasteiger partial charge in [-0.1, -0.05) is 46.5 Å². The molecule has 0 aliphatic carbocycles. The summed E-state index contributed by atoms with van der Waals surface area (Å²) in [5.41, 5.74) is -0.299. The first-order valence-electron chi connectivity index (χ1n) is 8.84. The van der Waals surface area contributed by atoms with E-state index in [4.69, 9.17) is 0 Å². The molecule has 0 atom stereocenters. The van der Waals surface area contributed by atoms with Crippen LogP contribution in [0.4, 0.5) is 0 Å². The van der Waals surface area contributed by atoms with E-state index in [1.807, 2.05) is 0 Å². The fourth-order valence-electron chi connectivity index (χ4n) is 3.26. The maximum absolute atomic E-state index is 9.56. The molecule has 1 aliphatic rings. The van der Waals surface area contributed by atoms with Gasteiger partial charge in [0.15, 0.2) is 0 Å². The highest BCUT2D eigenvalue weighted by Crippen LogP contribution is 2.24. The minimum absolute atomic E-state index is 0. The molecule has 0 aromatic carbocycles. The summed E-state index contributed by atoms with van der Waals surface area (Å²) in [6.45, 7) is 12.0. The highest BCUT2D eigenvalue weighted by Gasteiger charge is 2.37. The monoisotopic (exact) mass is 309 g/mol. The molecule has 3 heteroatoms. The maximum atomic E-state index is 9.56. The number of likely N-dealkylation sites (tertiary alicyclic amines) is 1. The first-order valence-corrected chi connectivity index (χ1v) is 8.84. The lowest BCUT2D eigenvalue weighted by atomic mass is 9.86. The second-order valence-electron chi connectivity index (χ2n) is 7.68. The van der Waals surface area contributed by atoms with Gasteiger partial charge in [-0.05, 0) is 46.6 Å². The summed E-state index contributed by atoms with van der Waals surface area (Å²) in [6, 6.07) is 2.55. The third-order valence-electron chi connectivity index (χ3n) is 4.37. The summed E-state index contributed by atoms with van der Waals surface area (Å²) in [5, 5.41) is 13.1. The predicted molar refractivity (Wildman–Crippen MR) is 97.0 cm³/mol. The van der Waals surface area contributed by atoms with Crippen molar-refractivity contribution in [1.82, 2.24) is 10.2 Å². The lowest BCUT2D eigenvalue weighted by Crippen LogP contribution is -2.58. The van der Waals surface area contributed by atoms with Crippen LogP contribution in [0.15, 0.2) is 0 Å². The summed E-state index contributed by atoms with van der Waals surface area (Å²) in [5.74, 6) is 0. The maximum Gasteiger partial charge on any atom is 0.109 e.